The van der Waals surface area contributed by atoms with Crippen LogP contribution >= 0.6 is 0 Å². The van der Waals surface area contributed by atoms with Crippen LogP contribution in [-0.4, -0.2) is 32.6 Å². The predicted octanol–water partition coefficient (Wildman–Crippen LogP) is 2.79. The molecule has 2 rings (SSSR count). The molecule has 1 aromatic heterocycles. The van der Waals surface area contributed by atoms with Crippen LogP contribution in [-0.2, 0) is 22.5 Å². The Morgan fingerprint density at radius 1 is 1.27 bits per heavy atom. The number of esters is 1. The van der Waals surface area contributed by atoms with E-state index < -0.39 is 17.0 Å². The molecule has 1 unspecified atom stereocenters. The van der Waals surface area contributed by atoms with Gasteiger partial charge in [-0.05, 0) is 32.8 Å². The van der Waals surface area contributed by atoms with Crippen molar-refractivity contribution >= 4 is 17.4 Å². The van der Waals surface area contributed by atoms with Crippen molar-refractivity contribution in [3.63, 3.8) is 0 Å². The summed E-state index contributed by atoms with van der Waals surface area (Å²) >= 11 is 0. The van der Waals surface area contributed by atoms with Crippen molar-refractivity contribution in [3.8, 4) is 0 Å². The maximum atomic E-state index is 12.4. The maximum Gasteiger partial charge on any atom is 0.328 e. The van der Waals surface area contributed by atoms with E-state index in [1.165, 1.54) is 25.5 Å². The molecule has 0 spiro atoms. The Morgan fingerprint density at radius 3 is 2.38 bits per heavy atom. The molecular formula is C18H21N3O5. The van der Waals surface area contributed by atoms with Gasteiger partial charge in [0.2, 0.25) is 5.78 Å². The van der Waals surface area contributed by atoms with E-state index in [0.717, 1.165) is 12.0 Å². The third kappa shape index (κ3) is 4.14. The van der Waals surface area contributed by atoms with E-state index in [4.69, 9.17) is 4.74 Å². The topological polar surface area (TPSA) is 104 Å². The summed E-state index contributed by atoms with van der Waals surface area (Å²) < 4.78 is 6.38. The van der Waals surface area contributed by atoms with Crippen molar-refractivity contribution < 1.29 is 19.2 Å². The summed E-state index contributed by atoms with van der Waals surface area (Å²) in [5, 5.41) is 15.0. The zero-order chi connectivity index (χ0) is 19.4. The van der Waals surface area contributed by atoms with Gasteiger partial charge in [-0.25, -0.2) is 0 Å². The molecule has 0 aliphatic rings. The lowest BCUT2D eigenvalue weighted by Crippen LogP contribution is -2.27. The SMILES string of the molecule is CCc1ccc(C(=O)C(C)OC(=O)Cn2nc(C)c([N+](=O)[O-])c2C)cc1. The van der Waals surface area contributed by atoms with Crippen molar-refractivity contribution in [1.29, 1.82) is 0 Å². The van der Waals surface area contributed by atoms with Crippen molar-refractivity contribution in [2.75, 3.05) is 0 Å². The van der Waals surface area contributed by atoms with Crippen LogP contribution in [0.3, 0.4) is 0 Å². The molecule has 0 saturated carbocycles. The number of nitro groups is 1. The normalized spacial score (nSPS) is 11.8. The van der Waals surface area contributed by atoms with Gasteiger partial charge in [0.25, 0.3) is 0 Å². The number of aromatic nitrogens is 2. The van der Waals surface area contributed by atoms with Crippen molar-refractivity contribution in [3.05, 3.63) is 56.9 Å². The van der Waals surface area contributed by atoms with Gasteiger partial charge in [0.05, 0.1) is 4.92 Å². The number of hydrogen-bond acceptors (Lipinski definition) is 6. The van der Waals surface area contributed by atoms with Crippen molar-refractivity contribution in [2.24, 2.45) is 0 Å². The highest BCUT2D eigenvalue weighted by Gasteiger charge is 2.25. The summed E-state index contributed by atoms with van der Waals surface area (Å²) in [6.45, 7) is 6.23. The smallest absolute Gasteiger partial charge is 0.328 e. The molecule has 1 heterocycles. The number of ether oxygens (including phenoxy) is 1. The van der Waals surface area contributed by atoms with E-state index in [9.17, 15) is 19.7 Å². The summed E-state index contributed by atoms with van der Waals surface area (Å²) in [6, 6.07) is 7.12. The lowest BCUT2D eigenvalue weighted by molar-refractivity contribution is -0.386. The number of carbonyl (C=O) groups is 2. The van der Waals surface area contributed by atoms with E-state index in [2.05, 4.69) is 5.10 Å². The monoisotopic (exact) mass is 359 g/mol. The molecule has 8 heteroatoms. The van der Waals surface area contributed by atoms with E-state index in [1.54, 1.807) is 12.1 Å². The van der Waals surface area contributed by atoms with Gasteiger partial charge in [0.15, 0.2) is 6.10 Å². The predicted molar refractivity (Wildman–Crippen MR) is 94.1 cm³/mol. The van der Waals surface area contributed by atoms with Crippen molar-refractivity contribution in [1.82, 2.24) is 9.78 Å². The number of ketones is 1. The number of hydrogen-bond donors (Lipinski definition) is 0. The third-order valence-electron chi connectivity index (χ3n) is 4.13. The first-order valence-corrected chi connectivity index (χ1v) is 8.25. The maximum absolute atomic E-state index is 12.4. The van der Waals surface area contributed by atoms with Crippen LogP contribution in [0.2, 0.25) is 0 Å². The van der Waals surface area contributed by atoms with Gasteiger partial charge in [-0.2, -0.15) is 5.10 Å². The largest absolute Gasteiger partial charge is 0.453 e. The molecule has 8 nitrogen and oxygen atoms in total. The molecule has 0 amide bonds. The van der Waals surface area contributed by atoms with Crippen LogP contribution in [0.4, 0.5) is 5.69 Å². The molecule has 26 heavy (non-hydrogen) atoms. The Bertz CT molecular complexity index is 839. The number of Topliss-reactive ketones (excluding diaryl/α,β-unsaturated/α-hetero) is 1. The highest BCUT2D eigenvalue weighted by Crippen LogP contribution is 2.21. The van der Waals surface area contributed by atoms with E-state index in [0.29, 0.717) is 5.56 Å². The molecule has 138 valence electrons. The first-order chi connectivity index (χ1) is 12.2. The highest BCUT2D eigenvalue weighted by molar-refractivity contribution is 6.00. The Balaban J connectivity index is 2.04. The first kappa shape index (κ1) is 19.3. The average Bonchev–Trinajstić information content (AvgIpc) is 2.87. The van der Waals surface area contributed by atoms with Gasteiger partial charge in [-0.1, -0.05) is 31.2 Å². The van der Waals surface area contributed by atoms with Crippen LogP contribution in [0, 0.1) is 24.0 Å². The first-order valence-electron chi connectivity index (χ1n) is 8.25. The molecule has 0 aliphatic heterocycles. The Morgan fingerprint density at radius 2 is 1.88 bits per heavy atom. The van der Waals surface area contributed by atoms with Crippen LogP contribution in [0.1, 0.15) is 41.2 Å². The lowest BCUT2D eigenvalue weighted by atomic mass is 10.0. The van der Waals surface area contributed by atoms with Gasteiger partial charge >= 0.3 is 11.7 Å². The zero-order valence-corrected chi connectivity index (χ0v) is 15.2. The Kier molecular flexibility index (Phi) is 5.86. The van der Waals surface area contributed by atoms with Crippen LogP contribution in [0.5, 0.6) is 0 Å². The second-order valence-corrected chi connectivity index (χ2v) is 5.98. The van der Waals surface area contributed by atoms with Crippen molar-refractivity contribution in [2.45, 2.75) is 46.8 Å². The quantitative estimate of drug-likeness (QED) is 0.326. The summed E-state index contributed by atoms with van der Waals surface area (Å²) in [6.07, 6.45) is -0.0877. The van der Waals surface area contributed by atoms with Gasteiger partial charge in [-0.15, -0.1) is 0 Å². The molecule has 0 bridgehead atoms. The fourth-order valence-electron chi connectivity index (χ4n) is 2.66. The molecule has 1 atom stereocenters. The Labute approximate surface area is 150 Å². The third-order valence-corrected chi connectivity index (χ3v) is 4.13. The minimum Gasteiger partial charge on any atom is -0.453 e. The summed E-state index contributed by atoms with van der Waals surface area (Å²) in [7, 11) is 0. The molecule has 0 N–H and O–H groups in total. The molecule has 0 fully saturated rings. The van der Waals surface area contributed by atoms with Crippen LogP contribution in [0.15, 0.2) is 24.3 Å². The summed E-state index contributed by atoms with van der Waals surface area (Å²) in [5.41, 5.74) is 1.93. The molecule has 0 saturated heterocycles. The number of aryl methyl sites for hydroxylation is 2. The minimum absolute atomic E-state index is 0.127. The van der Waals surface area contributed by atoms with Crippen LogP contribution in [0.25, 0.3) is 0 Å². The highest BCUT2D eigenvalue weighted by atomic mass is 16.6. The van der Waals surface area contributed by atoms with E-state index in [-0.39, 0.29) is 29.4 Å². The lowest BCUT2D eigenvalue weighted by Gasteiger charge is -2.13. The molecular weight excluding hydrogens is 338 g/mol. The van der Waals surface area contributed by atoms with E-state index >= 15 is 0 Å². The fraction of sp³-hybridized carbons (Fsp3) is 0.389. The second-order valence-electron chi connectivity index (χ2n) is 5.98. The number of carbonyl (C=O) groups excluding carboxylic acids is 2. The zero-order valence-electron chi connectivity index (χ0n) is 15.2. The van der Waals surface area contributed by atoms with Gasteiger partial charge < -0.3 is 4.74 Å². The minimum atomic E-state index is -0.957. The summed E-state index contributed by atoms with van der Waals surface area (Å²) in [5.74, 6) is -0.989. The van der Waals surface area contributed by atoms with Crippen LogP contribution < -0.4 is 0 Å². The second kappa shape index (κ2) is 7.90. The Hall–Kier alpha value is -3.03. The number of nitrogens with zero attached hydrogens (tertiary/aromatic N) is 3. The standard InChI is InChI=1S/C18H21N3O5/c1-5-14-6-8-15(9-7-14)18(23)13(4)26-16(22)10-20-12(3)17(21(24)25)11(2)19-20/h6-9,13H,5,10H2,1-4H3. The average molecular weight is 359 g/mol. The van der Waals surface area contributed by atoms with Gasteiger partial charge in [-0.3, -0.25) is 24.4 Å². The van der Waals surface area contributed by atoms with E-state index in [1.807, 2.05) is 19.1 Å². The molecule has 0 aliphatic carbocycles. The number of benzene rings is 1. The molecule has 2 aromatic rings. The number of rotatable bonds is 7. The summed E-state index contributed by atoms with van der Waals surface area (Å²) in [4.78, 5) is 34.9. The van der Waals surface area contributed by atoms with Gasteiger partial charge in [0, 0.05) is 5.56 Å². The van der Waals surface area contributed by atoms with Gasteiger partial charge in [0.1, 0.15) is 17.9 Å². The fourth-order valence-corrected chi connectivity index (χ4v) is 2.66. The molecule has 0 radical (unpaired) electrons. The molecule has 1 aromatic carbocycles.